The molecule has 106 valence electrons. The molecule has 0 aliphatic heterocycles. The van der Waals surface area contributed by atoms with Crippen molar-refractivity contribution in [1.29, 1.82) is 0 Å². The van der Waals surface area contributed by atoms with Gasteiger partial charge in [-0.1, -0.05) is 29.3 Å². The molecule has 0 bridgehead atoms. The number of rotatable bonds is 4. The fraction of sp³-hybridized carbons (Fsp3) is 0.143. The molecule has 0 amide bonds. The molecule has 0 saturated carbocycles. The summed E-state index contributed by atoms with van der Waals surface area (Å²) >= 11 is 15.3. The summed E-state index contributed by atoms with van der Waals surface area (Å²) in [6.07, 6.45) is 0. The lowest BCUT2D eigenvalue weighted by atomic mass is 10.1. The van der Waals surface area contributed by atoms with E-state index in [1.54, 1.807) is 18.2 Å². The zero-order valence-electron chi connectivity index (χ0n) is 10.3. The van der Waals surface area contributed by atoms with Crippen LogP contribution in [0, 0.1) is 5.82 Å². The Morgan fingerprint density at radius 2 is 1.85 bits per heavy atom. The minimum absolute atomic E-state index is 0.241. The molecule has 2 N–H and O–H groups in total. The second kappa shape index (κ2) is 6.76. The van der Waals surface area contributed by atoms with Gasteiger partial charge in [0.15, 0.2) is 0 Å². The van der Waals surface area contributed by atoms with Gasteiger partial charge in [-0.05, 0) is 45.3 Å². The van der Waals surface area contributed by atoms with Crippen LogP contribution in [0.5, 0.6) is 5.75 Å². The molecule has 0 fully saturated rings. The Hall–Kier alpha value is -0.810. The molecule has 2 aromatic carbocycles. The lowest BCUT2D eigenvalue weighted by molar-refractivity contribution is 0.305. The van der Waals surface area contributed by atoms with E-state index in [9.17, 15) is 4.39 Å². The van der Waals surface area contributed by atoms with Crippen molar-refractivity contribution in [2.45, 2.75) is 13.2 Å². The number of hydrogen-bond donors (Lipinski definition) is 1. The minimum atomic E-state index is -0.320. The maximum Gasteiger partial charge on any atom is 0.139 e. The maximum absolute atomic E-state index is 13.1. The first-order valence-corrected chi connectivity index (χ1v) is 7.31. The summed E-state index contributed by atoms with van der Waals surface area (Å²) in [5, 5.41) is 0.945. The van der Waals surface area contributed by atoms with Gasteiger partial charge in [0.1, 0.15) is 18.2 Å². The van der Waals surface area contributed by atoms with Crippen LogP contribution >= 0.6 is 39.1 Å². The zero-order chi connectivity index (χ0) is 14.7. The van der Waals surface area contributed by atoms with E-state index in [-0.39, 0.29) is 19.0 Å². The van der Waals surface area contributed by atoms with E-state index in [4.69, 9.17) is 33.7 Å². The van der Waals surface area contributed by atoms with E-state index >= 15 is 0 Å². The molecule has 0 unspecified atom stereocenters. The average molecular weight is 379 g/mol. The van der Waals surface area contributed by atoms with Crippen LogP contribution < -0.4 is 10.5 Å². The Morgan fingerprint density at radius 1 is 1.10 bits per heavy atom. The highest BCUT2D eigenvalue weighted by Crippen LogP contribution is 2.34. The van der Waals surface area contributed by atoms with Gasteiger partial charge in [-0.15, -0.1) is 0 Å². The van der Waals surface area contributed by atoms with Crippen LogP contribution in [0.25, 0.3) is 0 Å². The molecule has 0 saturated heterocycles. The molecule has 20 heavy (non-hydrogen) atoms. The molecular weight excluding hydrogens is 368 g/mol. The van der Waals surface area contributed by atoms with Crippen LogP contribution in [0.2, 0.25) is 10.0 Å². The van der Waals surface area contributed by atoms with Gasteiger partial charge in [0.05, 0.1) is 10.0 Å². The highest BCUT2D eigenvalue weighted by Gasteiger charge is 2.09. The summed E-state index contributed by atoms with van der Waals surface area (Å²) in [6.45, 7) is 0.482. The van der Waals surface area contributed by atoms with Crippen molar-refractivity contribution in [3.05, 3.63) is 61.8 Å². The second-order valence-corrected chi connectivity index (χ2v) is 5.77. The van der Waals surface area contributed by atoms with E-state index in [1.807, 2.05) is 0 Å². The van der Waals surface area contributed by atoms with E-state index in [0.29, 0.717) is 25.8 Å². The fourth-order valence-corrected chi connectivity index (χ4v) is 2.54. The summed E-state index contributed by atoms with van der Waals surface area (Å²) in [6, 6.07) is 7.70. The van der Waals surface area contributed by atoms with Crippen LogP contribution in [0.4, 0.5) is 4.39 Å². The first-order valence-electron chi connectivity index (χ1n) is 5.76. The molecule has 0 aromatic heterocycles. The molecular formula is C14H11BrCl2FNO. The van der Waals surface area contributed by atoms with Crippen molar-refractivity contribution in [1.82, 2.24) is 0 Å². The summed E-state index contributed by atoms with van der Waals surface area (Å²) in [5.41, 5.74) is 7.09. The monoisotopic (exact) mass is 377 g/mol. The highest BCUT2D eigenvalue weighted by molar-refractivity contribution is 9.10. The number of nitrogens with two attached hydrogens (primary N) is 1. The fourth-order valence-electron chi connectivity index (χ4n) is 1.70. The number of halogens is 4. The SMILES string of the molecule is NCc1cc(F)ccc1COc1cc(Cl)c(Br)cc1Cl. The summed E-state index contributed by atoms with van der Waals surface area (Å²) in [5.74, 6) is 0.145. The molecule has 0 spiro atoms. The Balaban J connectivity index is 2.19. The van der Waals surface area contributed by atoms with E-state index in [0.717, 1.165) is 5.56 Å². The van der Waals surface area contributed by atoms with Crippen LogP contribution in [0.15, 0.2) is 34.8 Å². The van der Waals surface area contributed by atoms with Crippen molar-refractivity contribution in [3.63, 3.8) is 0 Å². The van der Waals surface area contributed by atoms with Crippen LogP contribution in [0.3, 0.4) is 0 Å². The maximum atomic E-state index is 13.1. The smallest absolute Gasteiger partial charge is 0.139 e. The predicted octanol–water partition coefficient (Wildman–Crippen LogP) is 4.93. The lowest BCUT2D eigenvalue weighted by Crippen LogP contribution is -2.05. The van der Waals surface area contributed by atoms with E-state index in [1.165, 1.54) is 12.1 Å². The first-order chi connectivity index (χ1) is 9.51. The van der Waals surface area contributed by atoms with Gasteiger partial charge in [0.2, 0.25) is 0 Å². The number of ether oxygens (including phenoxy) is 1. The van der Waals surface area contributed by atoms with E-state index < -0.39 is 0 Å². The van der Waals surface area contributed by atoms with Crippen molar-refractivity contribution < 1.29 is 9.13 Å². The molecule has 2 aromatic rings. The van der Waals surface area contributed by atoms with Gasteiger partial charge in [0, 0.05) is 17.1 Å². The van der Waals surface area contributed by atoms with E-state index in [2.05, 4.69) is 15.9 Å². The Kier molecular flexibility index (Phi) is 5.27. The van der Waals surface area contributed by atoms with Crippen molar-refractivity contribution in [2.24, 2.45) is 5.73 Å². The summed E-state index contributed by atoms with van der Waals surface area (Å²) in [4.78, 5) is 0. The minimum Gasteiger partial charge on any atom is -0.487 e. The normalized spacial score (nSPS) is 10.7. The number of hydrogen-bond acceptors (Lipinski definition) is 2. The third kappa shape index (κ3) is 3.64. The van der Waals surface area contributed by atoms with Gasteiger partial charge < -0.3 is 10.5 Å². The Bertz CT molecular complexity index is 637. The van der Waals surface area contributed by atoms with Gasteiger partial charge in [-0.25, -0.2) is 4.39 Å². The third-order valence-corrected chi connectivity index (χ3v) is 4.24. The van der Waals surface area contributed by atoms with Gasteiger partial charge in [-0.2, -0.15) is 0 Å². The van der Waals surface area contributed by atoms with Crippen LogP contribution in [0.1, 0.15) is 11.1 Å². The largest absolute Gasteiger partial charge is 0.487 e. The molecule has 6 heteroatoms. The molecule has 0 aliphatic carbocycles. The van der Waals surface area contributed by atoms with Gasteiger partial charge in [0.25, 0.3) is 0 Å². The highest BCUT2D eigenvalue weighted by atomic mass is 79.9. The van der Waals surface area contributed by atoms with Crippen molar-refractivity contribution in [2.75, 3.05) is 0 Å². The molecule has 2 nitrogen and oxygen atoms in total. The third-order valence-electron chi connectivity index (χ3n) is 2.75. The molecule has 0 aliphatic rings. The quantitative estimate of drug-likeness (QED) is 0.765. The molecule has 0 heterocycles. The van der Waals surface area contributed by atoms with Gasteiger partial charge in [-0.3, -0.25) is 0 Å². The second-order valence-electron chi connectivity index (χ2n) is 4.10. The lowest BCUT2D eigenvalue weighted by Gasteiger charge is -2.12. The van der Waals surface area contributed by atoms with Crippen molar-refractivity contribution >= 4 is 39.1 Å². The van der Waals surface area contributed by atoms with Crippen LogP contribution in [-0.2, 0) is 13.2 Å². The predicted molar refractivity (Wildman–Crippen MR) is 82.8 cm³/mol. The molecule has 2 rings (SSSR count). The zero-order valence-corrected chi connectivity index (χ0v) is 13.4. The van der Waals surface area contributed by atoms with Gasteiger partial charge >= 0.3 is 0 Å². The van der Waals surface area contributed by atoms with Crippen LogP contribution in [-0.4, -0.2) is 0 Å². The Morgan fingerprint density at radius 3 is 2.55 bits per heavy atom. The summed E-state index contributed by atoms with van der Waals surface area (Å²) in [7, 11) is 0. The van der Waals surface area contributed by atoms with Crippen molar-refractivity contribution in [3.8, 4) is 5.75 Å². The summed E-state index contributed by atoms with van der Waals surface area (Å²) < 4.78 is 19.4. The average Bonchev–Trinajstić information content (AvgIpc) is 2.42. The first kappa shape index (κ1) is 15.6. The topological polar surface area (TPSA) is 35.2 Å². The number of benzene rings is 2. The standard InChI is InChI=1S/C14H11BrCl2FNO/c15-11-4-13(17)14(5-12(11)16)20-7-8-1-2-10(18)3-9(8)6-19/h1-5H,6-7,19H2. The molecule has 0 atom stereocenters. The Labute approximate surface area is 134 Å². The molecule has 0 radical (unpaired) electrons.